The summed E-state index contributed by atoms with van der Waals surface area (Å²) in [5.74, 6) is -0.609. The van der Waals surface area contributed by atoms with Gasteiger partial charge >= 0.3 is 14.8 Å². The van der Waals surface area contributed by atoms with Gasteiger partial charge in [-0.3, -0.25) is 0 Å². The quantitative estimate of drug-likeness (QED) is 0.108. The molecule has 202 valence electrons. The number of hydrogen-bond acceptors (Lipinski definition) is 12. The molecule has 0 fully saturated rings. The van der Waals surface area contributed by atoms with E-state index in [1.807, 2.05) is 0 Å². The fraction of sp³-hybridized carbons (Fsp3) is 0.727. The zero-order chi connectivity index (χ0) is 25.5. The molecule has 1 aromatic rings. The minimum absolute atomic E-state index is 0.170. The third-order valence-electron chi connectivity index (χ3n) is 4.20. The van der Waals surface area contributed by atoms with Crippen molar-refractivity contribution in [2.24, 2.45) is 0 Å². The highest BCUT2D eigenvalue weighted by molar-refractivity contribution is 6.60. The van der Waals surface area contributed by atoms with Crippen molar-refractivity contribution >= 4 is 14.8 Å². The molecule has 0 N–H and O–H groups in total. The van der Waals surface area contributed by atoms with E-state index in [4.69, 9.17) is 46.4 Å². The summed E-state index contributed by atoms with van der Waals surface area (Å²) in [5.41, 5.74) is 0.170. The van der Waals surface area contributed by atoms with Crippen molar-refractivity contribution < 1.29 is 51.2 Å². The van der Waals surface area contributed by atoms with E-state index in [0.717, 1.165) is 0 Å². The number of pyridine rings is 1. The second-order valence-corrected chi connectivity index (χ2v) is 9.36. The summed E-state index contributed by atoms with van der Waals surface area (Å²) in [6.45, 7) is 4.04. The Morgan fingerprint density at radius 2 is 1.14 bits per heavy atom. The Kier molecular flexibility index (Phi) is 19.6. The van der Waals surface area contributed by atoms with E-state index in [1.54, 1.807) is 39.5 Å². The Labute approximate surface area is 208 Å². The summed E-state index contributed by atoms with van der Waals surface area (Å²) in [4.78, 5) is 16.5. The third kappa shape index (κ3) is 16.0. The van der Waals surface area contributed by atoms with E-state index in [-0.39, 0.29) is 51.6 Å². The fourth-order valence-electron chi connectivity index (χ4n) is 2.46. The van der Waals surface area contributed by atoms with Crippen LogP contribution in [-0.2, 0) is 46.4 Å². The van der Waals surface area contributed by atoms with Gasteiger partial charge in [-0.2, -0.15) is 0 Å². The van der Waals surface area contributed by atoms with Gasteiger partial charge in [0.25, 0.3) is 0 Å². The maximum Gasteiger partial charge on any atom is 0.541 e. The molecule has 0 bridgehead atoms. The van der Waals surface area contributed by atoms with E-state index in [0.29, 0.717) is 39.6 Å². The van der Waals surface area contributed by atoms with Gasteiger partial charge in [0.05, 0.1) is 79.3 Å². The lowest BCUT2D eigenvalue weighted by molar-refractivity contribution is -0.0231. The molecule has 0 aliphatic heterocycles. The molecule has 0 aliphatic rings. The van der Waals surface area contributed by atoms with Gasteiger partial charge in [-0.25, -0.2) is 9.78 Å². The van der Waals surface area contributed by atoms with Gasteiger partial charge in [-0.1, -0.05) is 6.07 Å². The Morgan fingerprint density at radius 1 is 0.686 bits per heavy atom. The van der Waals surface area contributed by atoms with Crippen molar-refractivity contribution in [2.45, 2.75) is 0 Å². The standard InChI is InChI=1S/C22H39NO11Si/c1-25-8-11-28-14-17-32-35(33-18-15-29-12-9-26-2,34-19-16-30-13-10-27-3)20-31-22(24)21-6-4-5-7-23-21/h4-7H,8-20H2,1-3H3. The molecule has 0 radical (unpaired) electrons. The molecule has 0 unspecified atom stereocenters. The predicted octanol–water partition coefficient (Wildman–Crippen LogP) is 0.755. The van der Waals surface area contributed by atoms with E-state index in [9.17, 15) is 4.79 Å². The molecule has 0 atom stereocenters. The van der Waals surface area contributed by atoms with Crippen LogP contribution in [0.4, 0.5) is 0 Å². The van der Waals surface area contributed by atoms with E-state index >= 15 is 0 Å². The van der Waals surface area contributed by atoms with Crippen LogP contribution in [0, 0.1) is 0 Å². The Morgan fingerprint density at radius 3 is 1.54 bits per heavy atom. The largest absolute Gasteiger partial charge is 0.541 e. The van der Waals surface area contributed by atoms with Crippen LogP contribution in [0.15, 0.2) is 24.4 Å². The molecule has 1 aromatic heterocycles. The Hall–Kier alpha value is -1.52. The fourth-order valence-corrected chi connectivity index (χ4v) is 4.45. The molecule has 0 spiro atoms. The maximum absolute atomic E-state index is 12.5. The lowest BCUT2D eigenvalue weighted by Gasteiger charge is -2.29. The summed E-state index contributed by atoms with van der Waals surface area (Å²) >= 11 is 0. The van der Waals surface area contributed by atoms with Gasteiger partial charge in [0.1, 0.15) is 5.69 Å². The van der Waals surface area contributed by atoms with Crippen molar-refractivity contribution in [3.05, 3.63) is 30.1 Å². The first-order valence-corrected chi connectivity index (χ1v) is 13.3. The van der Waals surface area contributed by atoms with Gasteiger partial charge < -0.3 is 46.4 Å². The molecule has 35 heavy (non-hydrogen) atoms. The first-order valence-electron chi connectivity index (χ1n) is 11.4. The molecule has 13 heteroatoms. The number of esters is 1. The van der Waals surface area contributed by atoms with E-state index in [2.05, 4.69) is 4.98 Å². The first-order chi connectivity index (χ1) is 17.2. The smallest absolute Gasteiger partial charge is 0.456 e. The van der Waals surface area contributed by atoms with Crippen molar-refractivity contribution in [1.82, 2.24) is 4.98 Å². The summed E-state index contributed by atoms with van der Waals surface area (Å²) in [6.07, 6.45) is 1.30. The van der Waals surface area contributed by atoms with Gasteiger partial charge in [-0.05, 0) is 12.1 Å². The molecule has 0 saturated carbocycles. The van der Waals surface area contributed by atoms with Crippen LogP contribution in [0.2, 0.25) is 0 Å². The van der Waals surface area contributed by atoms with Crippen LogP contribution < -0.4 is 0 Å². The van der Waals surface area contributed by atoms with Crippen molar-refractivity contribution in [3.63, 3.8) is 0 Å². The SMILES string of the molecule is COCCOCCO[Si](COC(=O)c1ccccn1)(OCCOCCOC)OCCOCCOC. The minimum atomic E-state index is -3.50. The highest BCUT2D eigenvalue weighted by Gasteiger charge is 2.44. The number of aromatic nitrogens is 1. The third-order valence-corrected chi connectivity index (χ3v) is 6.63. The second kappa shape index (κ2) is 21.7. The Bertz CT molecular complexity index is 586. The number of methoxy groups -OCH3 is 3. The van der Waals surface area contributed by atoms with Crippen molar-refractivity contribution in [1.29, 1.82) is 0 Å². The average molecular weight is 522 g/mol. The summed E-state index contributed by atoms with van der Waals surface area (Å²) in [7, 11) is 1.29. The minimum Gasteiger partial charge on any atom is -0.456 e. The van der Waals surface area contributed by atoms with Crippen molar-refractivity contribution in [3.8, 4) is 0 Å². The number of rotatable bonds is 24. The number of hydrogen-bond donors (Lipinski definition) is 0. The first kappa shape index (κ1) is 31.5. The molecular weight excluding hydrogens is 482 g/mol. The maximum atomic E-state index is 12.5. The molecule has 12 nitrogen and oxygen atoms in total. The average Bonchev–Trinajstić information content (AvgIpc) is 2.89. The lowest BCUT2D eigenvalue weighted by atomic mass is 10.4. The van der Waals surface area contributed by atoms with Crippen LogP contribution in [-0.4, -0.2) is 127 Å². The van der Waals surface area contributed by atoms with Crippen LogP contribution in [0.1, 0.15) is 10.5 Å². The zero-order valence-corrected chi connectivity index (χ0v) is 21.9. The second-order valence-electron chi connectivity index (χ2n) is 6.84. The van der Waals surface area contributed by atoms with Gasteiger partial charge in [0.2, 0.25) is 0 Å². The molecule has 1 rings (SSSR count). The molecule has 0 amide bonds. The highest BCUT2D eigenvalue weighted by atomic mass is 28.4. The lowest BCUT2D eigenvalue weighted by Crippen LogP contribution is -2.53. The number of carbonyl (C=O) groups excluding carboxylic acids is 1. The van der Waals surface area contributed by atoms with Crippen LogP contribution in [0.25, 0.3) is 0 Å². The van der Waals surface area contributed by atoms with Crippen LogP contribution in [0.5, 0.6) is 0 Å². The summed E-state index contributed by atoms with van der Waals surface area (Å²) in [5, 5.41) is 0. The Balaban J connectivity index is 2.76. The van der Waals surface area contributed by atoms with Crippen LogP contribution in [0.3, 0.4) is 0 Å². The van der Waals surface area contributed by atoms with Crippen LogP contribution >= 0.6 is 0 Å². The van der Waals surface area contributed by atoms with Gasteiger partial charge in [-0.15, -0.1) is 0 Å². The molecule has 1 heterocycles. The normalized spacial score (nSPS) is 11.6. The summed E-state index contributed by atoms with van der Waals surface area (Å²) in [6, 6.07) is 4.97. The molecule has 0 aliphatic carbocycles. The molecular formula is C22H39NO11Si. The number of ether oxygens (including phenoxy) is 7. The molecule has 0 saturated heterocycles. The van der Waals surface area contributed by atoms with Gasteiger partial charge in [0, 0.05) is 27.5 Å². The molecule has 0 aromatic carbocycles. The zero-order valence-electron chi connectivity index (χ0n) is 20.9. The predicted molar refractivity (Wildman–Crippen MR) is 126 cm³/mol. The topological polar surface area (TPSA) is 122 Å². The monoisotopic (exact) mass is 521 g/mol. The van der Waals surface area contributed by atoms with E-state index in [1.165, 1.54) is 6.20 Å². The number of carbonyl (C=O) groups is 1. The van der Waals surface area contributed by atoms with Gasteiger partial charge in [0.15, 0.2) is 6.23 Å². The summed E-state index contributed by atoms with van der Waals surface area (Å²) < 4.78 is 54.9. The van der Waals surface area contributed by atoms with E-state index < -0.39 is 14.8 Å². The number of nitrogens with zero attached hydrogens (tertiary/aromatic N) is 1. The van der Waals surface area contributed by atoms with Crippen molar-refractivity contribution in [2.75, 3.05) is 107 Å². The highest BCUT2D eigenvalue weighted by Crippen LogP contribution is 2.13.